The fraction of sp³-hybridized carbons (Fsp3) is 0.842. The van der Waals surface area contributed by atoms with Crippen LogP contribution in [0, 0.1) is 0 Å². The summed E-state index contributed by atoms with van der Waals surface area (Å²) in [5.74, 6) is -2.11. The van der Waals surface area contributed by atoms with Gasteiger partial charge in [0.15, 0.2) is 17.1 Å². The number of halogens is 2. The zero-order valence-electron chi connectivity index (χ0n) is 20.6. The first-order chi connectivity index (χ1) is 16.3. The van der Waals surface area contributed by atoms with Crippen LogP contribution in [-0.2, 0) is 41.6 Å². The van der Waals surface area contributed by atoms with Gasteiger partial charge < -0.3 is 20.5 Å². The van der Waals surface area contributed by atoms with Crippen molar-refractivity contribution in [3.05, 3.63) is 0 Å². The molecule has 0 spiro atoms. The van der Waals surface area contributed by atoms with E-state index in [1.165, 1.54) is 13.8 Å². The molecule has 35 heavy (non-hydrogen) atoms. The SMILES string of the molecule is CCOP(=O)(CN(C(=O)[C@@](N)(CCCC(N)C(=O)CBr)C(=O)CBr)P(=O)(OCC)OCC)OCC. The predicted molar refractivity (Wildman–Crippen MR) is 140 cm³/mol. The molecule has 0 bridgehead atoms. The van der Waals surface area contributed by atoms with Crippen LogP contribution in [0.2, 0.25) is 0 Å². The lowest BCUT2D eigenvalue weighted by Crippen LogP contribution is -2.60. The third-order valence-electron chi connectivity index (χ3n) is 4.71. The van der Waals surface area contributed by atoms with Crippen LogP contribution in [0.1, 0.15) is 47.0 Å². The molecule has 0 aliphatic heterocycles. The first-order valence-electron chi connectivity index (χ1n) is 11.2. The Bertz CT molecular complexity index is 786. The Morgan fingerprint density at radius 1 is 0.914 bits per heavy atom. The molecule has 2 atom stereocenters. The number of hydrogen-bond donors (Lipinski definition) is 2. The van der Waals surface area contributed by atoms with Crippen LogP contribution in [0.25, 0.3) is 0 Å². The molecule has 16 heteroatoms. The van der Waals surface area contributed by atoms with Gasteiger partial charge in [0.25, 0.3) is 5.91 Å². The highest BCUT2D eigenvalue weighted by molar-refractivity contribution is 9.09. The van der Waals surface area contributed by atoms with E-state index in [0.29, 0.717) is 4.67 Å². The van der Waals surface area contributed by atoms with Gasteiger partial charge in [-0.3, -0.25) is 28.0 Å². The second kappa shape index (κ2) is 16.8. The van der Waals surface area contributed by atoms with E-state index in [9.17, 15) is 23.5 Å². The first-order valence-corrected chi connectivity index (χ1v) is 16.6. The van der Waals surface area contributed by atoms with Gasteiger partial charge in [-0.1, -0.05) is 31.9 Å². The Morgan fingerprint density at radius 2 is 1.40 bits per heavy atom. The summed E-state index contributed by atoms with van der Waals surface area (Å²) in [5.41, 5.74) is 9.96. The third kappa shape index (κ3) is 10.3. The summed E-state index contributed by atoms with van der Waals surface area (Å²) in [5, 5.41) is -0.234. The van der Waals surface area contributed by atoms with Gasteiger partial charge in [0.05, 0.1) is 43.1 Å². The zero-order chi connectivity index (χ0) is 27.3. The smallest absolute Gasteiger partial charge is 0.321 e. The van der Waals surface area contributed by atoms with Gasteiger partial charge in [-0.2, -0.15) is 0 Å². The lowest BCUT2D eigenvalue weighted by Gasteiger charge is -2.37. The van der Waals surface area contributed by atoms with Crippen molar-refractivity contribution in [2.24, 2.45) is 11.5 Å². The van der Waals surface area contributed by atoms with E-state index in [2.05, 4.69) is 31.9 Å². The van der Waals surface area contributed by atoms with Gasteiger partial charge in [0.1, 0.15) is 6.29 Å². The minimum atomic E-state index is -4.43. The van der Waals surface area contributed by atoms with Crippen molar-refractivity contribution in [1.29, 1.82) is 0 Å². The van der Waals surface area contributed by atoms with E-state index in [0.717, 1.165) is 0 Å². The lowest BCUT2D eigenvalue weighted by molar-refractivity contribution is -0.139. The van der Waals surface area contributed by atoms with Crippen molar-refractivity contribution in [2.45, 2.75) is 58.5 Å². The molecule has 0 aromatic carbocycles. The molecule has 0 heterocycles. The lowest BCUT2D eigenvalue weighted by atomic mass is 9.87. The molecule has 206 valence electrons. The molecule has 0 aliphatic carbocycles. The normalized spacial score (nSPS) is 14.9. The molecule has 0 aliphatic rings. The van der Waals surface area contributed by atoms with Crippen LogP contribution in [0.4, 0.5) is 0 Å². The second-order valence-electron chi connectivity index (χ2n) is 7.22. The van der Waals surface area contributed by atoms with Gasteiger partial charge in [0, 0.05) is 0 Å². The number of carbonyl (C=O) groups is 3. The number of rotatable bonds is 20. The molecule has 0 fully saturated rings. The van der Waals surface area contributed by atoms with E-state index in [4.69, 9.17) is 29.6 Å². The van der Waals surface area contributed by atoms with E-state index in [1.807, 2.05) is 0 Å². The number of hydrogen-bond acceptors (Lipinski definition) is 11. The minimum Gasteiger partial charge on any atom is -0.321 e. The molecule has 0 radical (unpaired) electrons. The van der Waals surface area contributed by atoms with Crippen LogP contribution in [0.15, 0.2) is 0 Å². The number of nitrogens with two attached hydrogens (primary N) is 2. The average Bonchev–Trinajstić information content (AvgIpc) is 2.81. The molecule has 1 unspecified atom stereocenters. The summed E-state index contributed by atoms with van der Waals surface area (Å²) in [6.45, 7) is 5.90. The molecule has 0 aromatic rings. The fourth-order valence-corrected chi connectivity index (χ4v) is 7.90. The van der Waals surface area contributed by atoms with Crippen molar-refractivity contribution in [3.8, 4) is 0 Å². The predicted octanol–water partition coefficient (Wildman–Crippen LogP) is 3.34. The number of amides is 1. The van der Waals surface area contributed by atoms with Crippen molar-refractivity contribution < 1.29 is 41.6 Å². The van der Waals surface area contributed by atoms with E-state index >= 15 is 0 Å². The van der Waals surface area contributed by atoms with Gasteiger partial charge in [-0.05, 0) is 47.0 Å². The van der Waals surface area contributed by atoms with Crippen LogP contribution in [0.5, 0.6) is 0 Å². The summed E-state index contributed by atoms with van der Waals surface area (Å²) in [4.78, 5) is 38.5. The number of carbonyl (C=O) groups excluding carboxylic acids is 3. The van der Waals surface area contributed by atoms with Gasteiger partial charge in [-0.25, -0.2) is 9.24 Å². The maximum absolute atomic E-state index is 13.8. The summed E-state index contributed by atoms with van der Waals surface area (Å²) in [6, 6.07) is -0.821. The van der Waals surface area contributed by atoms with Gasteiger partial charge >= 0.3 is 15.3 Å². The number of nitrogens with zero attached hydrogens (tertiary/aromatic N) is 1. The van der Waals surface area contributed by atoms with Gasteiger partial charge in [0.2, 0.25) is 0 Å². The Labute approximate surface area is 223 Å². The second-order valence-corrected chi connectivity index (χ2v) is 12.3. The highest BCUT2D eigenvalue weighted by Gasteiger charge is 2.52. The monoisotopic (exact) mass is 671 g/mol. The molecule has 0 aromatic heterocycles. The fourth-order valence-electron chi connectivity index (χ4n) is 3.01. The molecule has 0 saturated heterocycles. The van der Waals surface area contributed by atoms with Crippen molar-refractivity contribution in [2.75, 3.05) is 43.4 Å². The van der Waals surface area contributed by atoms with E-state index in [-0.39, 0.29) is 62.1 Å². The quantitative estimate of drug-likeness (QED) is 0.110. The molecule has 12 nitrogen and oxygen atoms in total. The van der Waals surface area contributed by atoms with Crippen LogP contribution < -0.4 is 11.5 Å². The van der Waals surface area contributed by atoms with Crippen molar-refractivity contribution >= 4 is 64.7 Å². The first kappa shape index (κ1) is 35.0. The Balaban J connectivity index is 6.44. The summed E-state index contributed by atoms with van der Waals surface area (Å²) >= 11 is 6.07. The molecule has 0 saturated carbocycles. The number of ketones is 2. The van der Waals surface area contributed by atoms with Gasteiger partial charge in [-0.15, -0.1) is 0 Å². The van der Waals surface area contributed by atoms with Crippen LogP contribution in [-0.4, -0.2) is 77.1 Å². The van der Waals surface area contributed by atoms with Crippen LogP contribution in [0.3, 0.4) is 0 Å². The topological polar surface area (TPSA) is 178 Å². The summed E-state index contributed by atoms with van der Waals surface area (Å²) in [7, 11) is -8.44. The Morgan fingerprint density at radius 3 is 1.80 bits per heavy atom. The number of Topliss-reactive ketones (excluding diaryl/α,β-unsaturated/α-hetero) is 2. The molecule has 1 amide bonds. The summed E-state index contributed by atoms with van der Waals surface area (Å²) < 4.78 is 48.7. The third-order valence-corrected chi connectivity index (χ3v) is 10.0. The zero-order valence-corrected chi connectivity index (χ0v) is 25.5. The molecular formula is C19H37Br2N3O9P2. The van der Waals surface area contributed by atoms with E-state index in [1.54, 1.807) is 13.8 Å². The highest BCUT2D eigenvalue weighted by Crippen LogP contribution is 2.59. The standard InChI is InChI=1S/C19H37Br2N3O9P2/c1-5-30-34(28,31-6-2)14-24(35(29,32-7-3)33-8-4)18(27)19(23,17(26)13-21)11-9-10-15(22)16(25)12-20/h15H,5-14,22-23H2,1-4H3/t15?,19-/m1/s1. The van der Waals surface area contributed by atoms with Crippen molar-refractivity contribution in [3.63, 3.8) is 0 Å². The minimum absolute atomic E-state index is 0.0273. The maximum Gasteiger partial charge on any atom is 0.438 e. The summed E-state index contributed by atoms with van der Waals surface area (Å²) in [6.07, 6.45) is -0.781. The van der Waals surface area contributed by atoms with E-state index < -0.39 is 44.9 Å². The maximum atomic E-state index is 13.8. The average molecular weight is 673 g/mol. The Kier molecular flexibility index (Phi) is 16.7. The van der Waals surface area contributed by atoms with Crippen molar-refractivity contribution in [1.82, 2.24) is 4.67 Å². The highest BCUT2D eigenvalue weighted by atomic mass is 79.9. The van der Waals surface area contributed by atoms with Crippen LogP contribution >= 0.6 is 47.2 Å². The molecular weight excluding hydrogens is 636 g/mol. The molecule has 0 rings (SSSR count). The largest absolute Gasteiger partial charge is 0.438 e. The Hall–Kier alpha value is -0.0100. The number of alkyl halides is 2. The molecule has 4 N–H and O–H groups in total.